The quantitative estimate of drug-likeness (QED) is 0.776. The molecule has 0 aliphatic carbocycles. The minimum Gasteiger partial charge on any atom is -0.483 e. The first-order valence-corrected chi connectivity index (χ1v) is 6.02. The number of rotatable bonds is 3. The van der Waals surface area contributed by atoms with E-state index >= 15 is 0 Å². The molecule has 0 amide bonds. The SMILES string of the molecule is c1ccc(N2CCCC2)c(OC2COC2)c1. The third kappa shape index (κ3) is 1.87. The van der Waals surface area contributed by atoms with Crippen LogP contribution in [0.1, 0.15) is 12.8 Å². The van der Waals surface area contributed by atoms with Crippen LogP contribution >= 0.6 is 0 Å². The molecule has 1 aromatic carbocycles. The Hall–Kier alpha value is -1.22. The second kappa shape index (κ2) is 4.34. The Balaban J connectivity index is 1.78. The maximum atomic E-state index is 5.93. The van der Waals surface area contributed by atoms with Crippen molar-refractivity contribution in [1.82, 2.24) is 0 Å². The average Bonchev–Trinajstić information content (AvgIpc) is 2.77. The summed E-state index contributed by atoms with van der Waals surface area (Å²) in [5, 5.41) is 0. The molecule has 2 aliphatic rings. The molecule has 2 saturated heterocycles. The predicted molar refractivity (Wildman–Crippen MR) is 63.1 cm³/mol. The third-order valence-corrected chi connectivity index (χ3v) is 3.21. The van der Waals surface area contributed by atoms with Crippen LogP contribution in [0, 0.1) is 0 Å². The molecule has 0 saturated carbocycles. The predicted octanol–water partition coefficient (Wildman–Crippen LogP) is 2.06. The summed E-state index contributed by atoms with van der Waals surface area (Å²) in [6.07, 6.45) is 2.84. The zero-order valence-corrected chi connectivity index (χ0v) is 9.39. The third-order valence-electron chi connectivity index (χ3n) is 3.21. The van der Waals surface area contributed by atoms with Crippen molar-refractivity contribution >= 4 is 5.69 Å². The molecule has 86 valence electrons. The number of para-hydroxylation sites is 2. The van der Waals surface area contributed by atoms with E-state index in [0.717, 1.165) is 32.1 Å². The molecule has 3 heteroatoms. The van der Waals surface area contributed by atoms with E-state index in [0.29, 0.717) is 0 Å². The van der Waals surface area contributed by atoms with Crippen LogP contribution in [0.15, 0.2) is 24.3 Å². The zero-order valence-electron chi connectivity index (χ0n) is 9.39. The number of nitrogens with zero attached hydrogens (tertiary/aromatic N) is 1. The normalized spacial score (nSPS) is 20.9. The summed E-state index contributed by atoms with van der Waals surface area (Å²) in [4.78, 5) is 2.41. The topological polar surface area (TPSA) is 21.7 Å². The van der Waals surface area contributed by atoms with Crippen molar-refractivity contribution in [2.45, 2.75) is 18.9 Å². The van der Waals surface area contributed by atoms with Crippen LogP contribution in [0.5, 0.6) is 5.75 Å². The van der Waals surface area contributed by atoms with E-state index in [1.807, 2.05) is 6.07 Å². The lowest BCUT2D eigenvalue weighted by molar-refractivity contribution is -0.0794. The van der Waals surface area contributed by atoms with E-state index in [-0.39, 0.29) is 6.10 Å². The van der Waals surface area contributed by atoms with Crippen LogP contribution in [-0.2, 0) is 4.74 Å². The van der Waals surface area contributed by atoms with Crippen molar-refractivity contribution < 1.29 is 9.47 Å². The monoisotopic (exact) mass is 219 g/mol. The second-order valence-electron chi connectivity index (χ2n) is 4.44. The average molecular weight is 219 g/mol. The highest BCUT2D eigenvalue weighted by molar-refractivity contribution is 5.59. The fourth-order valence-corrected chi connectivity index (χ4v) is 2.24. The van der Waals surface area contributed by atoms with Gasteiger partial charge in [-0.25, -0.2) is 0 Å². The van der Waals surface area contributed by atoms with Crippen molar-refractivity contribution in [3.63, 3.8) is 0 Å². The van der Waals surface area contributed by atoms with Gasteiger partial charge in [-0.15, -0.1) is 0 Å². The molecule has 0 radical (unpaired) electrons. The Morgan fingerprint density at radius 1 is 1.12 bits per heavy atom. The molecule has 0 spiro atoms. The lowest BCUT2D eigenvalue weighted by atomic mass is 10.2. The van der Waals surface area contributed by atoms with Crippen LogP contribution in [0.4, 0.5) is 5.69 Å². The number of hydrogen-bond acceptors (Lipinski definition) is 3. The molecule has 2 fully saturated rings. The van der Waals surface area contributed by atoms with Gasteiger partial charge in [-0.05, 0) is 25.0 Å². The first kappa shape index (κ1) is 9.97. The molecule has 2 aliphatic heterocycles. The van der Waals surface area contributed by atoms with Gasteiger partial charge in [0.25, 0.3) is 0 Å². The van der Waals surface area contributed by atoms with Gasteiger partial charge >= 0.3 is 0 Å². The fraction of sp³-hybridized carbons (Fsp3) is 0.538. The molecule has 1 aromatic rings. The standard InChI is InChI=1S/C13H17NO2/c1-2-6-13(16-11-9-15-10-11)12(5-1)14-7-3-4-8-14/h1-2,5-6,11H,3-4,7-10H2. The summed E-state index contributed by atoms with van der Waals surface area (Å²) in [7, 11) is 0. The maximum absolute atomic E-state index is 5.93. The fourth-order valence-electron chi connectivity index (χ4n) is 2.24. The Morgan fingerprint density at radius 3 is 2.56 bits per heavy atom. The Kier molecular flexibility index (Phi) is 2.70. The van der Waals surface area contributed by atoms with Gasteiger partial charge in [0, 0.05) is 13.1 Å². The lowest BCUT2D eigenvalue weighted by Crippen LogP contribution is -2.38. The maximum Gasteiger partial charge on any atom is 0.145 e. The molecule has 0 bridgehead atoms. The number of ether oxygens (including phenoxy) is 2. The summed E-state index contributed by atoms with van der Waals surface area (Å²) in [5.41, 5.74) is 1.24. The highest BCUT2D eigenvalue weighted by Crippen LogP contribution is 2.31. The molecule has 3 nitrogen and oxygen atoms in total. The van der Waals surface area contributed by atoms with E-state index in [9.17, 15) is 0 Å². The highest BCUT2D eigenvalue weighted by Gasteiger charge is 2.23. The lowest BCUT2D eigenvalue weighted by Gasteiger charge is -2.29. The van der Waals surface area contributed by atoms with Gasteiger partial charge in [0.05, 0.1) is 18.9 Å². The molecule has 0 atom stereocenters. The molecular weight excluding hydrogens is 202 g/mol. The Morgan fingerprint density at radius 2 is 1.88 bits per heavy atom. The van der Waals surface area contributed by atoms with E-state index < -0.39 is 0 Å². The first-order valence-electron chi connectivity index (χ1n) is 6.02. The van der Waals surface area contributed by atoms with E-state index in [1.54, 1.807) is 0 Å². The van der Waals surface area contributed by atoms with Crippen LogP contribution < -0.4 is 9.64 Å². The van der Waals surface area contributed by atoms with E-state index in [2.05, 4.69) is 23.1 Å². The van der Waals surface area contributed by atoms with E-state index in [4.69, 9.17) is 9.47 Å². The molecule has 3 rings (SSSR count). The summed E-state index contributed by atoms with van der Waals surface area (Å²) >= 11 is 0. The van der Waals surface area contributed by atoms with Crippen LogP contribution in [-0.4, -0.2) is 32.4 Å². The smallest absolute Gasteiger partial charge is 0.145 e. The van der Waals surface area contributed by atoms with Gasteiger partial charge in [-0.2, -0.15) is 0 Å². The van der Waals surface area contributed by atoms with Crippen molar-refractivity contribution in [3.8, 4) is 5.75 Å². The summed E-state index contributed by atoms with van der Waals surface area (Å²) in [6.45, 7) is 3.77. The number of anilines is 1. The summed E-state index contributed by atoms with van der Waals surface area (Å²) in [5.74, 6) is 1.01. The first-order chi connectivity index (χ1) is 7.93. The Labute approximate surface area is 96.0 Å². The molecule has 0 aromatic heterocycles. The molecule has 0 unspecified atom stereocenters. The minimum atomic E-state index is 0.253. The second-order valence-corrected chi connectivity index (χ2v) is 4.44. The van der Waals surface area contributed by atoms with Crippen LogP contribution in [0.25, 0.3) is 0 Å². The van der Waals surface area contributed by atoms with Crippen LogP contribution in [0.2, 0.25) is 0 Å². The zero-order chi connectivity index (χ0) is 10.8. The molecule has 16 heavy (non-hydrogen) atoms. The van der Waals surface area contributed by atoms with Gasteiger partial charge < -0.3 is 14.4 Å². The molecule has 2 heterocycles. The van der Waals surface area contributed by atoms with Gasteiger partial charge in [0.1, 0.15) is 11.9 Å². The van der Waals surface area contributed by atoms with Gasteiger partial charge in [0.15, 0.2) is 0 Å². The minimum absolute atomic E-state index is 0.253. The number of benzene rings is 1. The van der Waals surface area contributed by atoms with Crippen molar-refractivity contribution in [3.05, 3.63) is 24.3 Å². The molecular formula is C13H17NO2. The van der Waals surface area contributed by atoms with Crippen molar-refractivity contribution in [1.29, 1.82) is 0 Å². The summed E-state index contributed by atoms with van der Waals surface area (Å²) in [6, 6.07) is 8.33. The van der Waals surface area contributed by atoms with Crippen molar-refractivity contribution in [2.75, 3.05) is 31.2 Å². The highest BCUT2D eigenvalue weighted by atomic mass is 16.6. The Bertz CT molecular complexity index is 357. The van der Waals surface area contributed by atoms with Gasteiger partial charge in [-0.3, -0.25) is 0 Å². The van der Waals surface area contributed by atoms with Crippen LogP contribution in [0.3, 0.4) is 0 Å². The van der Waals surface area contributed by atoms with Crippen molar-refractivity contribution in [2.24, 2.45) is 0 Å². The summed E-state index contributed by atoms with van der Waals surface area (Å²) < 4.78 is 11.1. The van der Waals surface area contributed by atoms with Gasteiger partial charge in [-0.1, -0.05) is 12.1 Å². The largest absolute Gasteiger partial charge is 0.483 e. The molecule has 0 N–H and O–H groups in total. The number of hydrogen-bond donors (Lipinski definition) is 0. The van der Waals surface area contributed by atoms with E-state index in [1.165, 1.54) is 18.5 Å². The van der Waals surface area contributed by atoms with Gasteiger partial charge in [0.2, 0.25) is 0 Å².